The first-order chi connectivity index (χ1) is 11.2. The van der Waals surface area contributed by atoms with Crippen LogP contribution in [-0.4, -0.2) is 37.7 Å². The van der Waals surface area contributed by atoms with E-state index in [4.69, 9.17) is 4.74 Å². The highest BCUT2D eigenvalue weighted by molar-refractivity contribution is 5.76. The first kappa shape index (κ1) is 17.2. The molecule has 3 aliphatic rings. The van der Waals surface area contributed by atoms with Gasteiger partial charge in [-0.05, 0) is 64.5 Å². The van der Waals surface area contributed by atoms with Gasteiger partial charge in [-0.1, -0.05) is 19.3 Å². The number of carbonyl (C=O) groups is 1. The van der Waals surface area contributed by atoms with Gasteiger partial charge >= 0.3 is 0 Å². The summed E-state index contributed by atoms with van der Waals surface area (Å²) in [6.07, 6.45) is 12.0. The van der Waals surface area contributed by atoms with Gasteiger partial charge < -0.3 is 15.4 Å². The van der Waals surface area contributed by atoms with Crippen molar-refractivity contribution < 1.29 is 9.53 Å². The number of piperidine rings is 1. The van der Waals surface area contributed by atoms with Gasteiger partial charge in [0, 0.05) is 24.5 Å². The summed E-state index contributed by atoms with van der Waals surface area (Å²) in [5.74, 6) is 1.01. The molecule has 0 aromatic rings. The summed E-state index contributed by atoms with van der Waals surface area (Å²) >= 11 is 0. The van der Waals surface area contributed by atoms with Crippen LogP contribution >= 0.6 is 0 Å². The molecule has 1 aliphatic heterocycles. The standard InChI is InChI=1S/C19H34N2O2/c1-2-23-17-14-16(19(17)10-4-3-5-11-19)21-18(22)7-6-15-8-12-20-13-9-15/h15-17,20H,2-14H2,1H3,(H,21,22). The summed E-state index contributed by atoms with van der Waals surface area (Å²) in [7, 11) is 0. The third-order valence-corrected chi connectivity index (χ3v) is 6.51. The summed E-state index contributed by atoms with van der Waals surface area (Å²) in [4.78, 5) is 12.4. The van der Waals surface area contributed by atoms with Gasteiger partial charge in [0.2, 0.25) is 5.91 Å². The molecule has 3 fully saturated rings. The van der Waals surface area contributed by atoms with Crippen molar-refractivity contribution in [2.75, 3.05) is 19.7 Å². The molecule has 1 heterocycles. The quantitative estimate of drug-likeness (QED) is 0.790. The lowest BCUT2D eigenvalue weighted by atomic mass is 9.55. The molecule has 0 aromatic heterocycles. The maximum Gasteiger partial charge on any atom is 0.220 e. The molecule has 132 valence electrons. The first-order valence-corrected chi connectivity index (χ1v) is 9.86. The van der Waals surface area contributed by atoms with E-state index in [9.17, 15) is 4.79 Å². The van der Waals surface area contributed by atoms with Crippen LogP contribution in [0.5, 0.6) is 0 Å². The number of hydrogen-bond donors (Lipinski definition) is 2. The second-order valence-corrected chi connectivity index (χ2v) is 7.83. The molecular weight excluding hydrogens is 288 g/mol. The molecule has 2 unspecified atom stereocenters. The van der Waals surface area contributed by atoms with Crippen LogP contribution in [0.3, 0.4) is 0 Å². The smallest absolute Gasteiger partial charge is 0.220 e. The van der Waals surface area contributed by atoms with E-state index < -0.39 is 0 Å². The highest BCUT2D eigenvalue weighted by Gasteiger charge is 2.55. The molecule has 2 saturated carbocycles. The van der Waals surface area contributed by atoms with Crippen LogP contribution in [0.15, 0.2) is 0 Å². The van der Waals surface area contributed by atoms with Crippen molar-refractivity contribution in [1.29, 1.82) is 0 Å². The Balaban J connectivity index is 1.47. The second kappa shape index (κ2) is 7.98. The summed E-state index contributed by atoms with van der Waals surface area (Å²) in [6.45, 7) is 5.12. The Kier molecular flexibility index (Phi) is 5.97. The Morgan fingerprint density at radius 3 is 2.65 bits per heavy atom. The molecule has 0 bridgehead atoms. The summed E-state index contributed by atoms with van der Waals surface area (Å²) in [5, 5.41) is 6.76. The van der Waals surface area contributed by atoms with Crippen LogP contribution < -0.4 is 10.6 Å². The molecule has 1 spiro atoms. The van der Waals surface area contributed by atoms with Crippen molar-refractivity contribution in [1.82, 2.24) is 10.6 Å². The van der Waals surface area contributed by atoms with E-state index in [1.54, 1.807) is 0 Å². The molecule has 4 nitrogen and oxygen atoms in total. The van der Waals surface area contributed by atoms with E-state index in [0.717, 1.165) is 38.5 Å². The third kappa shape index (κ3) is 3.90. The average Bonchev–Trinajstić information content (AvgIpc) is 2.61. The zero-order valence-corrected chi connectivity index (χ0v) is 14.7. The molecule has 0 aromatic carbocycles. The lowest BCUT2D eigenvalue weighted by molar-refractivity contribution is -0.157. The van der Waals surface area contributed by atoms with Gasteiger partial charge in [0.25, 0.3) is 0 Å². The molecule has 2 atom stereocenters. The van der Waals surface area contributed by atoms with Crippen molar-refractivity contribution >= 4 is 5.91 Å². The van der Waals surface area contributed by atoms with Crippen LogP contribution in [-0.2, 0) is 9.53 Å². The molecule has 1 amide bonds. The minimum atomic E-state index is 0.249. The zero-order valence-electron chi connectivity index (χ0n) is 14.7. The molecule has 2 N–H and O–H groups in total. The number of rotatable bonds is 6. The molecule has 0 radical (unpaired) electrons. The van der Waals surface area contributed by atoms with Crippen molar-refractivity contribution in [3.63, 3.8) is 0 Å². The fourth-order valence-electron chi connectivity index (χ4n) is 5.04. The van der Waals surface area contributed by atoms with Crippen molar-refractivity contribution in [2.24, 2.45) is 11.3 Å². The fourth-order valence-corrected chi connectivity index (χ4v) is 5.04. The molecule has 2 aliphatic carbocycles. The topological polar surface area (TPSA) is 50.4 Å². The van der Waals surface area contributed by atoms with Gasteiger partial charge in [-0.25, -0.2) is 0 Å². The Morgan fingerprint density at radius 2 is 1.96 bits per heavy atom. The number of ether oxygens (including phenoxy) is 1. The first-order valence-electron chi connectivity index (χ1n) is 9.86. The Labute approximate surface area is 141 Å². The maximum atomic E-state index is 12.4. The monoisotopic (exact) mass is 322 g/mol. The summed E-state index contributed by atoms with van der Waals surface area (Å²) in [6, 6.07) is 0.361. The largest absolute Gasteiger partial charge is 0.378 e. The summed E-state index contributed by atoms with van der Waals surface area (Å²) < 4.78 is 5.98. The second-order valence-electron chi connectivity index (χ2n) is 7.83. The number of carbonyl (C=O) groups excluding carboxylic acids is 1. The Bertz CT molecular complexity index is 387. The van der Waals surface area contributed by atoms with Crippen molar-refractivity contribution in [3.8, 4) is 0 Å². The van der Waals surface area contributed by atoms with E-state index in [1.807, 2.05) is 0 Å². The average molecular weight is 322 g/mol. The third-order valence-electron chi connectivity index (χ3n) is 6.51. The van der Waals surface area contributed by atoms with Crippen LogP contribution in [0.1, 0.15) is 71.1 Å². The van der Waals surface area contributed by atoms with E-state index in [0.29, 0.717) is 18.6 Å². The van der Waals surface area contributed by atoms with Gasteiger partial charge in [0.15, 0.2) is 0 Å². The number of nitrogens with one attached hydrogen (secondary N) is 2. The minimum Gasteiger partial charge on any atom is -0.378 e. The SMILES string of the molecule is CCOC1CC(NC(=O)CCC2CCNCC2)C12CCCCC2. The minimum absolute atomic E-state index is 0.249. The van der Waals surface area contributed by atoms with Gasteiger partial charge in [-0.2, -0.15) is 0 Å². The van der Waals surface area contributed by atoms with Crippen LogP contribution in [0, 0.1) is 11.3 Å². The summed E-state index contributed by atoms with van der Waals surface area (Å²) in [5.41, 5.74) is 0.249. The van der Waals surface area contributed by atoms with Crippen molar-refractivity contribution in [2.45, 2.75) is 83.3 Å². The highest BCUT2D eigenvalue weighted by atomic mass is 16.5. The van der Waals surface area contributed by atoms with Crippen LogP contribution in [0.4, 0.5) is 0 Å². The van der Waals surface area contributed by atoms with Gasteiger partial charge in [0.05, 0.1) is 6.10 Å². The predicted octanol–water partition coefficient (Wildman–Crippen LogP) is 3.01. The number of amides is 1. The van der Waals surface area contributed by atoms with E-state index in [1.165, 1.54) is 44.9 Å². The van der Waals surface area contributed by atoms with E-state index in [2.05, 4.69) is 17.6 Å². The van der Waals surface area contributed by atoms with Gasteiger partial charge in [-0.3, -0.25) is 4.79 Å². The van der Waals surface area contributed by atoms with Gasteiger partial charge in [-0.15, -0.1) is 0 Å². The molecule has 3 rings (SSSR count). The van der Waals surface area contributed by atoms with Crippen LogP contribution in [0.25, 0.3) is 0 Å². The van der Waals surface area contributed by atoms with E-state index >= 15 is 0 Å². The molecule has 23 heavy (non-hydrogen) atoms. The zero-order chi connectivity index (χ0) is 16.1. The van der Waals surface area contributed by atoms with E-state index in [-0.39, 0.29) is 11.3 Å². The Morgan fingerprint density at radius 1 is 1.22 bits per heavy atom. The lowest BCUT2D eigenvalue weighted by Gasteiger charge is -2.57. The maximum absolute atomic E-state index is 12.4. The van der Waals surface area contributed by atoms with Gasteiger partial charge in [0.1, 0.15) is 0 Å². The number of hydrogen-bond acceptors (Lipinski definition) is 3. The fraction of sp³-hybridized carbons (Fsp3) is 0.947. The lowest BCUT2D eigenvalue weighted by Crippen LogP contribution is -2.65. The Hall–Kier alpha value is -0.610. The highest BCUT2D eigenvalue weighted by Crippen LogP contribution is 2.53. The van der Waals surface area contributed by atoms with Crippen LogP contribution in [0.2, 0.25) is 0 Å². The predicted molar refractivity (Wildman–Crippen MR) is 92.3 cm³/mol. The normalized spacial score (nSPS) is 30.8. The molecule has 1 saturated heterocycles. The van der Waals surface area contributed by atoms with Crippen molar-refractivity contribution in [3.05, 3.63) is 0 Å². The molecule has 4 heteroatoms. The molecular formula is C19H34N2O2.